The molecule has 24 heavy (non-hydrogen) atoms. The van der Waals surface area contributed by atoms with Crippen LogP contribution in [0.3, 0.4) is 0 Å². The van der Waals surface area contributed by atoms with Gasteiger partial charge in [-0.3, -0.25) is 4.79 Å². The van der Waals surface area contributed by atoms with E-state index in [9.17, 15) is 9.59 Å². The van der Waals surface area contributed by atoms with E-state index in [1.54, 1.807) is 0 Å². The Hall–Kier alpha value is -2.54. The van der Waals surface area contributed by atoms with Crippen molar-refractivity contribution in [2.75, 3.05) is 5.32 Å². The first kappa shape index (κ1) is 16.3. The zero-order valence-electron chi connectivity index (χ0n) is 13.7. The summed E-state index contributed by atoms with van der Waals surface area (Å²) in [6, 6.07) is 5.76. The molecule has 0 radical (unpaired) electrons. The molecule has 0 aliphatic carbocycles. The number of rotatable bonds is 4. The van der Waals surface area contributed by atoms with Crippen molar-refractivity contribution in [1.29, 1.82) is 0 Å². The van der Waals surface area contributed by atoms with Gasteiger partial charge < -0.3 is 9.73 Å². The molecule has 1 aromatic carbocycles. The number of carbonyl (C=O) groups excluding carboxylic acids is 1. The van der Waals surface area contributed by atoms with Crippen molar-refractivity contribution in [2.45, 2.75) is 33.6 Å². The van der Waals surface area contributed by atoms with Gasteiger partial charge >= 0.3 is 5.63 Å². The van der Waals surface area contributed by atoms with Crippen molar-refractivity contribution >= 4 is 33.3 Å². The van der Waals surface area contributed by atoms with Gasteiger partial charge in [-0.2, -0.15) is 0 Å². The molecule has 0 atom stereocenters. The Labute approximate surface area is 142 Å². The number of aryl methyl sites for hydroxylation is 3. The van der Waals surface area contributed by atoms with Gasteiger partial charge in [0.1, 0.15) is 10.6 Å². The topological polar surface area (TPSA) is 85.1 Å². The summed E-state index contributed by atoms with van der Waals surface area (Å²) in [4.78, 5) is 24.2. The minimum atomic E-state index is -0.384. The van der Waals surface area contributed by atoms with Gasteiger partial charge in [0.25, 0.3) is 0 Å². The van der Waals surface area contributed by atoms with Crippen molar-refractivity contribution < 1.29 is 9.21 Å². The van der Waals surface area contributed by atoms with Crippen molar-refractivity contribution in [3.05, 3.63) is 50.3 Å². The number of amides is 1. The lowest BCUT2D eigenvalue weighted by Gasteiger charge is -2.08. The number of benzene rings is 1. The van der Waals surface area contributed by atoms with Crippen LogP contribution < -0.4 is 10.9 Å². The Morgan fingerprint density at radius 1 is 1.25 bits per heavy atom. The van der Waals surface area contributed by atoms with Crippen LogP contribution >= 0.6 is 11.3 Å². The molecule has 1 N–H and O–H groups in total. The second-order valence-electron chi connectivity index (χ2n) is 5.67. The zero-order valence-corrected chi connectivity index (χ0v) is 14.5. The third-order valence-electron chi connectivity index (χ3n) is 3.82. The van der Waals surface area contributed by atoms with E-state index in [1.807, 2.05) is 39.0 Å². The summed E-state index contributed by atoms with van der Waals surface area (Å²) in [5.74, 6) is -0.200. The summed E-state index contributed by atoms with van der Waals surface area (Å²) in [5, 5.41) is 12.5. The van der Waals surface area contributed by atoms with Crippen LogP contribution in [-0.2, 0) is 11.2 Å². The van der Waals surface area contributed by atoms with Crippen molar-refractivity contribution in [3.8, 4) is 0 Å². The first-order valence-electron chi connectivity index (χ1n) is 7.57. The number of anilines is 1. The van der Waals surface area contributed by atoms with Crippen molar-refractivity contribution in [3.63, 3.8) is 0 Å². The summed E-state index contributed by atoms with van der Waals surface area (Å²) < 4.78 is 5.40. The summed E-state index contributed by atoms with van der Waals surface area (Å²) >= 11 is 1.31. The number of nitrogens with one attached hydrogen (secondary N) is 1. The van der Waals surface area contributed by atoms with Crippen LogP contribution in [-0.4, -0.2) is 16.1 Å². The maximum Gasteiger partial charge on any atom is 0.339 e. The van der Waals surface area contributed by atoms with E-state index in [2.05, 4.69) is 15.5 Å². The first-order chi connectivity index (χ1) is 11.4. The van der Waals surface area contributed by atoms with Gasteiger partial charge in [0, 0.05) is 17.4 Å². The van der Waals surface area contributed by atoms with Gasteiger partial charge in [0.05, 0.1) is 0 Å². The maximum atomic E-state index is 12.2. The smallest absolute Gasteiger partial charge is 0.339 e. The molecule has 0 unspecified atom stereocenters. The number of hydrogen-bond acceptors (Lipinski definition) is 6. The lowest BCUT2D eigenvalue weighted by atomic mass is 10.0. The minimum Gasteiger partial charge on any atom is -0.423 e. The summed E-state index contributed by atoms with van der Waals surface area (Å²) in [7, 11) is 0. The van der Waals surface area contributed by atoms with Gasteiger partial charge in [0.2, 0.25) is 11.0 Å². The molecule has 0 bridgehead atoms. The average Bonchev–Trinajstić information content (AvgIpc) is 2.91. The molecule has 3 rings (SSSR count). The van der Waals surface area contributed by atoms with Crippen LogP contribution in [0.4, 0.5) is 5.13 Å². The predicted octanol–water partition coefficient (Wildman–Crippen LogP) is 3.14. The first-order valence-corrected chi connectivity index (χ1v) is 8.38. The second kappa shape index (κ2) is 6.52. The third kappa shape index (κ3) is 3.35. The standard InChI is InChI=1S/C17H17N3O3S/c1-9-4-5-12-10(2)13(16(22)23-14(12)8-9)6-7-15(21)18-17-20-19-11(3)24-17/h4-5,8H,6-7H2,1-3H3,(H,18,20,21). The molecule has 0 fully saturated rings. The van der Waals surface area contributed by atoms with E-state index in [0.29, 0.717) is 22.7 Å². The van der Waals surface area contributed by atoms with E-state index in [4.69, 9.17) is 4.42 Å². The van der Waals surface area contributed by atoms with E-state index in [-0.39, 0.29) is 18.0 Å². The summed E-state index contributed by atoms with van der Waals surface area (Å²) in [6.07, 6.45) is 0.503. The predicted molar refractivity (Wildman–Crippen MR) is 93.6 cm³/mol. The largest absolute Gasteiger partial charge is 0.423 e. The number of hydrogen-bond donors (Lipinski definition) is 1. The van der Waals surface area contributed by atoms with Crippen LogP contribution in [0.1, 0.15) is 28.1 Å². The Balaban J connectivity index is 1.78. The SMILES string of the molecule is Cc1ccc2c(C)c(CCC(=O)Nc3nnc(C)s3)c(=O)oc2c1. The highest BCUT2D eigenvalue weighted by Gasteiger charge is 2.14. The maximum absolute atomic E-state index is 12.2. The van der Waals surface area contributed by atoms with Crippen LogP contribution in [0, 0.1) is 20.8 Å². The highest BCUT2D eigenvalue weighted by Crippen LogP contribution is 2.21. The molecule has 2 aromatic heterocycles. The molecule has 7 heteroatoms. The normalized spacial score (nSPS) is 11.0. The zero-order chi connectivity index (χ0) is 17.3. The molecule has 0 saturated carbocycles. The van der Waals surface area contributed by atoms with Gasteiger partial charge in [0.15, 0.2) is 0 Å². The highest BCUT2D eigenvalue weighted by molar-refractivity contribution is 7.15. The number of carbonyl (C=O) groups is 1. The van der Waals surface area contributed by atoms with Crippen molar-refractivity contribution in [1.82, 2.24) is 10.2 Å². The van der Waals surface area contributed by atoms with E-state index < -0.39 is 0 Å². The Kier molecular flexibility index (Phi) is 4.44. The highest BCUT2D eigenvalue weighted by atomic mass is 32.1. The summed E-state index contributed by atoms with van der Waals surface area (Å²) in [6.45, 7) is 5.65. The number of fused-ring (bicyclic) bond motifs is 1. The van der Waals surface area contributed by atoms with Gasteiger partial charge in [-0.25, -0.2) is 4.79 Å². The van der Waals surface area contributed by atoms with Gasteiger partial charge in [-0.15, -0.1) is 10.2 Å². The molecule has 124 valence electrons. The molecular weight excluding hydrogens is 326 g/mol. The third-order valence-corrected chi connectivity index (χ3v) is 4.57. The summed E-state index contributed by atoms with van der Waals surface area (Å²) in [5.41, 5.74) is 2.63. The van der Waals surface area contributed by atoms with Gasteiger partial charge in [-0.05, 0) is 44.4 Å². The van der Waals surface area contributed by atoms with E-state index >= 15 is 0 Å². The minimum absolute atomic E-state index is 0.182. The van der Waals surface area contributed by atoms with Crippen molar-refractivity contribution in [2.24, 2.45) is 0 Å². The molecule has 3 aromatic rings. The molecule has 0 saturated heterocycles. The van der Waals surface area contributed by atoms with Crippen LogP contribution in [0.5, 0.6) is 0 Å². The Morgan fingerprint density at radius 3 is 2.75 bits per heavy atom. The fourth-order valence-electron chi connectivity index (χ4n) is 2.56. The quantitative estimate of drug-likeness (QED) is 0.736. The van der Waals surface area contributed by atoms with Crippen LogP contribution in [0.25, 0.3) is 11.0 Å². The molecular formula is C17H17N3O3S. The fourth-order valence-corrected chi connectivity index (χ4v) is 3.17. The lowest BCUT2D eigenvalue weighted by Crippen LogP contribution is -2.16. The second-order valence-corrected chi connectivity index (χ2v) is 6.85. The molecule has 6 nitrogen and oxygen atoms in total. The molecule has 0 aliphatic heterocycles. The Bertz CT molecular complexity index is 975. The molecule has 1 amide bonds. The van der Waals surface area contributed by atoms with Gasteiger partial charge in [-0.1, -0.05) is 23.5 Å². The average molecular weight is 343 g/mol. The number of aromatic nitrogens is 2. The Morgan fingerprint density at radius 2 is 2.04 bits per heavy atom. The van der Waals surface area contributed by atoms with E-state index in [0.717, 1.165) is 21.5 Å². The van der Waals surface area contributed by atoms with Crippen LogP contribution in [0.2, 0.25) is 0 Å². The van der Waals surface area contributed by atoms with E-state index in [1.165, 1.54) is 11.3 Å². The molecule has 0 spiro atoms. The molecule has 2 heterocycles. The lowest BCUT2D eigenvalue weighted by molar-refractivity contribution is -0.116. The van der Waals surface area contributed by atoms with Crippen LogP contribution in [0.15, 0.2) is 27.4 Å². The fraction of sp³-hybridized carbons (Fsp3) is 0.294. The number of nitrogens with zero attached hydrogens (tertiary/aromatic N) is 2. The monoisotopic (exact) mass is 343 g/mol. The molecule has 0 aliphatic rings.